The summed E-state index contributed by atoms with van der Waals surface area (Å²) in [5, 5.41) is 0. The van der Waals surface area contributed by atoms with Crippen LogP contribution in [0.2, 0.25) is 0 Å². The van der Waals surface area contributed by atoms with E-state index in [0.717, 1.165) is 6.20 Å². The summed E-state index contributed by atoms with van der Waals surface area (Å²) < 4.78 is 24.2. The molecule has 0 fully saturated rings. The Morgan fingerprint density at radius 3 is 2.56 bits per heavy atom. The zero-order chi connectivity index (χ0) is 6.85. The molecule has 1 rings (SSSR count). The second kappa shape index (κ2) is 2.13. The molecule has 0 aromatic carbocycles. The molecule has 0 unspecified atom stereocenters. The molecular formula is C5H2BF2N. The van der Waals surface area contributed by atoms with E-state index < -0.39 is 11.8 Å². The van der Waals surface area contributed by atoms with E-state index >= 15 is 0 Å². The van der Waals surface area contributed by atoms with Gasteiger partial charge in [0.25, 0.3) is 0 Å². The lowest BCUT2D eigenvalue weighted by Crippen LogP contribution is -2.11. The highest BCUT2D eigenvalue weighted by Crippen LogP contribution is 1.94. The van der Waals surface area contributed by atoms with E-state index in [1.165, 1.54) is 6.07 Å². The predicted molar refractivity (Wildman–Crippen MR) is 29.5 cm³/mol. The van der Waals surface area contributed by atoms with E-state index in [9.17, 15) is 8.78 Å². The zero-order valence-corrected chi connectivity index (χ0v) is 4.44. The molecule has 44 valence electrons. The van der Waals surface area contributed by atoms with Gasteiger partial charge in [0.05, 0.1) is 0 Å². The second-order valence-electron chi connectivity index (χ2n) is 1.50. The summed E-state index contributed by atoms with van der Waals surface area (Å²) >= 11 is 0. The first-order valence-corrected chi connectivity index (χ1v) is 2.27. The Morgan fingerprint density at radius 2 is 2.11 bits per heavy atom. The van der Waals surface area contributed by atoms with Crippen molar-refractivity contribution in [3.63, 3.8) is 0 Å². The molecule has 1 nitrogen and oxygen atoms in total. The fourth-order valence-corrected chi connectivity index (χ4v) is 0.432. The lowest BCUT2D eigenvalue weighted by Gasteiger charge is -1.92. The van der Waals surface area contributed by atoms with Crippen LogP contribution in [0, 0.1) is 11.8 Å². The minimum atomic E-state index is -1.16. The maximum absolute atomic E-state index is 12.2. The van der Waals surface area contributed by atoms with Gasteiger partial charge in [0.2, 0.25) is 5.95 Å². The van der Waals surface area contributed by atoms with Gasteiger partial charge in [-0.3, -0.25) is 0 Å². The average molecular weight is 125 g/mol. The lowest BCUT2D eigenvalue weighted by molar-refractivity contribution is 0.484. The van der Waals surface area contributed by atoms with Gasteiger partial charge < -0.3 is 0 Å². The van der Waals surface area contributed by atoms with Crippen LogP contribution >= 0.6 is 0 Å². The van der Waals surface area contributed by atoms with Crippen LogP contribution < -0.4 is 5.46 Å². The molecule has 1 aromatic heterocycles. The molecule has 0 atom stereocenters. The standard InChI is InChI=1S/C5H2BF2N/c6-3-1-2-9-5(8)4(3)7/h1-2H. The number of aromatic nitrogens is 1. The van der Waals surface area contributed by atoms with Crippen LogP contribution in [-0.4, -0.2) is 12.8 Å². The van der Waals surface area contributed by atoms with Gasteiger partial charge in [-0.15, -0.1) is 0 Å². The Kier molecular flexibility index (Phi) is 1.47. The largest absolute Gasteiger partial charge is 0.248 e. The summed E-state index contributed by atoms with van der Waals surface area (Å²) in [7, 11) is 4.97. The van der Waals surface area contributed by atoms with Crippen molar-refractivity contribution in [2.75, 3.05) is 0 Å². The molecule has 0 aliphatic rings. The van der Waals surface area contributed by atoms with E-state index in [-0.39, 0.29) is 5.46 Å². The van der Waals surface area contributed by atoms with Crippen molar-refractivity contribution in [1.82, 2.24) is 4.98 Å². The van der Waals surface area contributed by atoms with Crippen LogP contribution in [0.15, 0.2) is 12.3 Å². The quantitative estimate of drug-likeness (QED) is 0.355. The molecule has 9 heavy (non-hydrogen) atoms. The first-order chi connectivity index (χ1) is 4.22. The number of nitrogens with zero attached hydrogens (tertiary/aromatic N) is 1. The Bertz CT molecular complexity index is 206. The molecule has 0 saturated carbocycles. The highest BCUT2D eigenvalue weighted by Gasteiger charge is 2.02. The molecule has 0 aliphatic heterocycles. The molecule has 0 bridgehead atoms. The molecule has 0 aliphatic carbocycles. The van der Waals surface area contributed by atoms with E-state index in [1.807, 2.05) is 0 Å². The molecule has 0 N–H and O–H groups in total. The van der Waals surface area contributed by atoms with Crippen molar-refractivity contribution in [2.45, 2.75) is 0 Å². The topological polar surface area (TPSA) is 12.9 Å². The number of pyridine rings is 1. The molecule has 0 amide bonds. The van der Waals surface area contributed by atoms with Gasteiger partial charge >= 0.3 is 0 Å². The zero-order valence-electron chi connectivity index (χ0n) is 4.44. The maximum atomic E-state index is 12.2. The minimum absolute atomic E-state index is 0.220. The Labute approximate surface area is 52.1 Å². The highest BCUT2D eigenvalue weighted by molar-refractivity contribution is 6.32. The third-order valence-electron chi connectivity index (χ3n) is 0.877. The van der Waals surface area contributed by atoms with Gasteiger partial charge in [-0.05, 0) is 6.07 Å². The van der Waals surface area contributed by atoms with Crippen molar-refractivity contribution in [2.24, 2.45) is 0 Å². The summed E-state index contributed by atoms with van der Waals surface area (Å²) in [5.41, 5.74) is -0.220. The third-order valence-corrected chi connectivity index (χ3v) is 0.877. The lowest BCUT2D eigenvalue weighted by atomic mass is 9.97. The molecule has 0 spiro atoms. The monoisotopic (exact) mass is 125 g/mol. The highest BCUT2D eigenvalue weighted by atomic mass is 19.2. The SMILES string of the molecule is [B]c1ccnc(F)c1F. The van der Waals surface area contributed by atoms with Gasteiger partial charge in [-0.1, -0.05) is 5.46 Å². The fourth-order valence-electron chi connectivity index (χ4n) is 0.432. The van der Waals surface area contributed by atoms with Gasteiger partial charge in [-0.25, -0.2) is 9.37 Å². The van der Waals surface area contributed by atoms with Crippen LogP contribution in [0.4, 0.5) is 8.78 Å². The number of halogens is 2. The smallest absolute Gasteiger partial charge is 0.226 e. The van der Waals surface area contributed by atoms with Crippen molar-refractivity contribution < 1.29 is 8.78 Å². The molecule has 1 aromatic rings. The fraction of sp³-hybridized carbons (Fsp3) is 0. The van der Waals surface area contributed by atoms with Crippen molar-refractivity contribution in [3.8, 4) is 0 Å². The molecule has 4 heteroatoms. The molecule has 1 heterocycles. The summed E-state index contributed by atoms with van der Waals surface area (Å²) in [5.74, 6) is -2.24. The second-order valence-corrected chi connectivity index (χ2v) is 1.50. The van der Waals surface area contributed by atoms with Crippen LogP contribution in [0.1, 0.15) is 0 Å². The van der Waals surface area contributed by atoms with Gasteiger partial charge in [-0.2, -0.15) is 4.39 Å². The molecule has 2 radical (unpaired) electrons. The van der Waals surface area contributed by atoms with E-state index in [2.05, 4.69) is 4.98 Å². The summed E-state index contributed by atoms with van der Waals surface area (Å²) in [4.78, 5) is 3.02. The van der Waals surface area contributed by atoms with Crippen molar-refractivity contribution in [3.05, 3.63) is 24.0 Å². The molecular weight excluding hydrogens is 123 g/mol. The normalized spacial score (nSPS) is 9.56. The van der Waals surface area contributed by atoms with Gasteiger partial charge in [0, 0.05) is 6.20 Å². The summed E-state index contributed by atoms with van der Waals surface area (Å²) in [6.07, 6.45) is 1.10. The van der Waals surface area contributed by atoms with Crippen LogP contribution in [0.5, 0.6) is 0 Å². The predicted octanol–water partition coefficient (Wildman–Crippen LogP) is 0.154. The summed E-state index contributed by atoms with van der Waals surface area (Å²) in [6, 6.07) is 1.19. The van der Waals surface area contributed by atoms with Gasteiger partial charge in [0.15, 0.2) is 5.82 Å². The first kappa shape index (κ1) is 6.20. The van der Waals surface area contributed by atoms with Crippen LogP contribution in [0.3, 0.4) is 0 Å². The maximum Gasteiger partial charge on any atom is 0.248 e. The first-order valence-electron chi connectivity index (χ1n) is 2.27. The molecule has 0 saturated heterocycles. The van der Waals surface area contributed by atoms with Crippen molar-refractivity contribution >= 4 is 13.3 Å². The Morgan fingerprint density at radius 1 is 1.44 bits per heavy atom. The third kappa shape index (κ3) is 1.07. The Hall–Kier alpha value is -0.925. The average Bonchev–Trinajstić information content (AvgIpc) is 1.83. The number of hydrogen-bond donors (Lipinski definition) is 0. The summed E-state index contributed by atoms with van der Waals surface area (Å²) in [6.45, 7) is 0. The van der Waals surface area contributed by atoms with E-state index in [1.54, 1.807) is 0 Å². The van der Waals surface area contributed by atoms with E-state index in [0.29, 0.717) is 0 Å². The number of rotatable bonds is 0. The minimum Gasteiger partial charge on any atom is -0.226 e. The Balaban J connectivity index is 3.25. The van der Waals surface area contributed by atoms with E-state index in [4.69, 9.17) is 7.85 Å². The van der Waals surface area contributed by atoms with Gasteiger partial charge in [0.1, 0.15) is 7.85 Å². The van der Waals surface area contributed by atoms with Crippen molar-refractivity contribution in [1.29, 1.82) is 0 Å². The van der Waals surface area contributed by atoms with Crippen LogP contribution in [-0.2, 0) is 0 Å². The van der Waals surface area contributed by atoms with Crippen LogP contribution in [0.25, 0.3) is 0 Å². The number of hydrogen-bond acceptors (Lipinski definition) is 1.